The van der Waals surface area contributed by atoms with Gasteiger partial charge in [-0.2, -0.15) is 0 Å². The Morgan fingerprint density at radius 1 is 1.10 bits per heavy atom. The van der Waals surface area contributed by atoms with E-state index in [-0.39, 0.29) is 25.8 Å². The van der Waals surface area contributed by atoms with E-state index in [9.17, 15) is 24.0 Å². The number of hydroxylamine groups is 1. The normalized spacial score (nSPS) is 12.7. The van der Waals surface area contributed by atoms with Crippen LogP contribution in [0.25, 0.3) is 0 Å². The predicted octanol–water partition coefficient (Wildman–Crippen LogP) is -1.86. The van der Waals surface area contributed by atoms with Gasteiger partial charge in [-0.3, -0.25) is 34.1 Å². The number of nitrogens with one attached hydrogen (secondary N) is 1. The van der Waals surface area contributed by atoms with Gasteiger partial charge < -0.3 is 10.8 Å². The summed E-state index contributed by atoms with van der Waals surface area (Å²) in [5.74, 6) is -3.07. The topological polar surface area (TPSA) is 167 Å². The van der Waals surface area contributed by atoms with Crippen molar-refractivity contribution in [2.75, 3.05) is 6.54 Å². The van der Waals surface area contributed by atoms with Crippen molar-refractivity contribution < 1.29 is 34.3 Å². The number of nitrogens with zero attached hydrogens (tertiary/aromatic N) is 1. The summed E-state index contributed by atoms with van der Waals surface area (Å²) >= 11 is 0. The van der Waals surface area contributed by atoms with E-state index in [1.165, 1.54) is 5.48 Å². The Bertz CT molecular complexity index is 454. The maximum absolute atomic E-state index is 10.8. The molecule has 116 valence electrons. The molecule has 0 aliphatic carbocycles. The number of rotatable bonds is 6. The molecule has 0 bridgehead atoms. The molecule has 1 aliphatic rings. The molecule has 0 aromatic heterocycles. The van der Waals surface area contributed by atoms with Crippen LogP contribution in [-0.2, 0) is 24.0 Å². The predicted molar refractivity (Wildman–Crippen MR) is 66.5 cm³/mol. The van der Waals surface area contributed by atoms with E-state index >= 15 is 0 Å². The third-order valence-electron chi connectivity index (χ3n) is 2.17. The third-order valence-corrected chi connectivity index (χ3v) is 2.17. The van der Waals surface area contributed by atoms with E-state index in [2.05, 4.69) is 0 Å². The Kier molecular flexibility index (Phi) is 8.00. The minimum Gasteiger partial charge on any atom is -0.481 e. The molecule has 0 fully saturated rings. The first-order valence-electron chi connectivity index (χ1n) is 5.74. The van der Waals surface area contributed by atoms with Gasteiger partial charge in [0.25, 0.3) is 11.8 Å². The number of hydrogen-bond donors (Lipinski definition) is 4. The van der Waals surface area contributed by atoms with Gasteiger partial charge in [-0.25, -0.2) is 5.48 Å². The van der Waals surface area contributed by atoms with Crippen LogP contribution in [0.3, 0.4) is 0 Å². The highest BCUT2D eigenvalue weighted by Gasteiger charge is 2.23. The zero-order valence-electron chi connectivity index (χ0n) is 10.9. The van der Waals surface area contributed by atoms with E-state index in [1.54, 1.807) is 0 Å². The molecule has 10 heteroatoms. The second kappa shape index (κ2) is 9.20. The Labute approximate surface area is 119 Å². The fourth-order valence-electron chi connectivity index (χ4n) is 1.15. The number of nitrogens with two attached hydrogens (primary N) is 1. The second-order valence-electron chi connectivity index (χ2n) is 3.81. The molecular weight excluding hydrogens is 286 g/mol. The Morgan fingerprint density at radius 2 is 1.62 bits per heavy atom. The van der Waals surface area contributed by atoms with Crippen molar-refractivity contribution in [3.63, 3.8) is 0 Å². The van der Waals surface area contributed by atoms with Gasteiger partial charge in [-0.1, -0.05) is 0 Å². The van der Waals surface area contributed by atoms with Gasteiger partial charge in [-0.05, 0) is 0 Å². The molecule has 4 amide bonds. The highest BCUT2D eigenvalue weighted by atomic mass is 16.5. The molecule has 10 nitrogen and oxygen atoms in total. The second-order valence-corrected chi connectivity index (χ2v) is 3.81. The molecule has 0 saturated heterocycles. The van der Waals surface area contributed by atoms with Crippen LogP contribution in [0, 0.1) is 0 Å². The average Bonchev–Trinajstić information content (AvgIpc) is 2.73. The maximum atomic E-state index is 10.8. The van der Waals surface area contributed by atoms with Crippen LogP contribution in [0.4, 0.5) is 0 Å². The summed E-state index contributed by atoms with van der Waals surface area (Å²) in [5, 5.41) is 16.2. The quantitative estimate of drug-likeness (QED) is 0.253. The van der Waals surface area contributed by atoms with Gasteiger partial charge >= 0.3 is 5.97 Å². The molecule has 1 rings (SSSR count). The number of hydrogen-bond acceptors (Lipinski definition) is 6. The maximum Gasteiger partial charge on any atom is 0.305 e. The minimum absolute atomic E-state index is 0.0353. The molecule has 21 heavy (non-hydrogen) atoms. The molecular formula is C11H15N3O7. The Hall–Kier alpha value is -2.75. The van der Waals surface area contributed by atoms with E-state index in [1.807, 2.05) is 0 Å². The van der Waals surface area contributed by atoms with Crippen LogP contribution in [0.1, 0.15) is 19.3 Å². The first-order valence-corrected chi connectivity index (χ1v) is 5.74. The van der Waals surface area contributed by atoms with Gasteiger partial charge in [-0.15, -0.1) is 0 Å². The number of carbonyl (C=O) groups is 5. The minimum atomic E-state index is -1.03. The molecule has 0 saturated carbocycles. The Balaban J connectivity index is 0.000000400. The summed E-state index contributed by atoms with van der Waals surface area (Å²) in [7, 11) is 0. The number of carboxylic acid groups (broad SMARTS) is 1. The average molecular weight is 301 g/mol. The van der Waals surface area contributed by atoms with Gasteiger partial charge in [0.15, 0.2) is 0 Å². The lowest BCUT2D eigenvalue weighted by atomic mass is 10.3. The van der Waals surface area contributed by atoms with E-state index in [4.69, 9.17) is 16.0 Å². The number of aliphatic carboxylic acids is 1. The monoisotopic (exact) mass is 301 g/mol. The molecule has 0 spiro atoms. The van der Waals surface area contributed by atoms with Crippen LogP contribution in [0.5, 0.6) is 0 Å². The molecule has 0 radical (unpaired) electrons. The standard InChI is InChI=1S/C7H7NO4.C4H8N2O3/c9-5-1-2-6(10)8(5)4-3-7(11)12;5-3(7)1-2-4(8)6-9/h1-2H,3-4H2,(H,11,12);9H,1-2H2,(H2,5,7)(H,6,8). The van der Waals surface area contributed by atoms with Gasteiger partial charge in [0.1, 0.15) is 0 Å². The number of carboxylic acids is 1. The number of primary amides is 1. The summed E-state index contributed by atoms with van der Waals surface area (Å²) in [6, 6.07) is 0. The number of carbonyl (C=O) groups excluding carboxylic acids is 4. The van der Waals surface area contributed by atoms with E-state index in [0.29, 0.717) is 0 Å². The van der Waals surface area contributed by atoms with Crippen molar-refractivity contribution in [1.29, 1.82) is 0 Å². The molecule has 1 aliphatic heterocycles. The lowest BCUT2D eigenvalue weighted by molar-refractivity contribution is -0.140. The molecule has 5 N–H and O–H groups in total. The van der Waals surface area contributed by atoms with Crippen molar-refractivity contribution in [1.82, 2.24) is 10.4 Å². The van der Waals surface area contributed by atoms with Crippen LogP contribution >= 0.6 is 0 Å². The van der Waals surface area contributed by atoms with Gasteiger partial charge in [0.2, 0.25) is 11.8 Å². The lowest BCUT2D eigenvalue weighted by Crippen LogP contribution is -2.31. The number of imide groups is 1. The smallest absolute Gasteiger partial charge is 0.305 e. The van der Waals surface area contributed by atoms with Crippen LogP contribution in [0.2, 0.25) is 0 Å². The van der Waals surface area contributed by atoms with Crippen molar-refractivity contribution >= 4 is 29.6 Å². The third kappa shape index (κ3) is 8.10. The SMILES string of the molecule is NC(=O)CCC(=O)NO.O=C(O)CCN1C(=O)C=CC1=O. The van der Waals surface area contributed by atoms with Crippen molar-refractivity contribution in [2.45, 2.75) is 19.3 Å². The zero-order chi connectivity index (χ0) is 16.4. The molecule has 0 atom stereocenters. The van der Waals surface area contributed by atoms with Gasteiger partial charge in [0, 0.05) is 31.5 Å². The summed E-state index contributed by atoms with van der Waals surface area (Å²) in [4.78, 5) is 52.8. The van der Waals surface area contributed by atoms with Crippen molar-refractivity contribution in [2.24, 2.45) is 5.73 Å². The summed E-state index contributed by atoms with van der Waals surface area (Å²) in [5.41, 5.74) is 6.07. The lowest BCUT2D eigenvalue weighted by Gasteiger charge is -2.10. The van der Waals surface area contributed by atoms with E-state index < -0.39 is 29.6 Å². The summed E-state index contributed by atoms with van der Waals surface area (Å²) in [6.45, 7) is -0.0556. The Morgan fingerprint density at radius 3 is 2.00 bits per heavy atom. The highest BCUT2D eigenvalue weighted by molar-refractivity contribution is 6.12. The van der Waals surface area contributed by atoms with Crippen LogP contribution in [0.15, 0.2) is 12.2 Å². The fourth-order valence-corrected chi connectivity index (χ4v) is 1.15. The molecule has 0 unspecified atom stereocenters. The van der Waals surface area contributed by atoms with Crippen molar-refractivity contribution in [3.8, 4) is 0 Å². The van der Waals surface area contributed by atoms with Crippen molar-refractivity contribution in [3.05, 3.63) is 12.2 Å². The van der Waals surface area contributed by atoms with Crippen LogP contribution < -0.4 is 11.2 Å². The van der Waals surface area contributed by atoms with E-state index in [0.717, 1.165) is 17.1 Å². The fraction of sp³-hybridized carbons (Fsp3) is 0.364. The first kappa shape index (κ1) is 18.2. The largest absolute Gasteiger partial charge is 0.481 e. The summed E-state index contributed by atoms with van der Waals surface area (Å²) < 4.78 is 0. The summed E-state index contributed by atoms with van der Waals surface area (Å²) in [6.07, 6.45) is 1.95. The molecule has 0 aromatic rings. The first-order chi connectivity index (χ1) is 9.77. The zero-order valence-corrected chi connectivity index (χ0v) is 10.9. The van der Waals surface area contributed by atoms with Gasteiger partial charge in [0.05, 0.1) is 6.42 Å². The number of amides is 4. The van der Waals surface area contributed by atoms with Crippen LogP contribution in [-0.4, -0.2) is 51.4 Å². The molecule has 0 aromatic carbocycles. The highest BCUT2D eigenvalue weighted by Crippen LogP contribution is 2.03. The molecule has 1 heterocycles.